The molecule has 1 heterocycles. The smallest absolute Gasteiger partial charge is 0.191 e. The third kappa shape index (κ3) is 5.15. The molecule has 0 amide bonds. The first-order valence-corrected chi connectivity index (χ1v) is 8.69. The van der Waals surface area contributed by atoms with Gasteiger partial charge in [0.25, 0.3) is 0 Å². The van der Waals surface area contributed by atoms with Crippen LogP contribution in [0.15, 0.2) is 34.6 Å². The number of nitrogens with zero attached hydrogens (tertiary/aromatic N) is 1. The summed E-state index contributed by atoms with van der Waals surface area (Å²) in [5, 5.41) is 9.47. The van der Waals surface area contributed by atoms with E-state index in [9.17, 15) is 0 Å². The SMILES string of the molecule is CN=C(NCCc1ccc(OC)cc1Cl)NCc1sccc1C. The zero-order chi connectivity index (χ0) is 16.7. The maximum atomic E-state index is 6.25. The second-order valence-corrected chi connectivity index (χ2v) is 6.49. The summed E-state index contributed by atoms with van der Waals surface area (Å²) in [6.07, 6.45) is 0.821. The Kier molecular flexibility index (Phi) is 6.74. The number of hydrogen-bond donors (Lipinski definition) is 2. The van der Waals surface area contributed by atoms with E-state index >= 15 is 0 Å². The average molecular weight is 352 g/mol. The van der Waals surface area contributed by atoms with Crippen molar-refractivity contribution in [1.82, 2.24) is 10.6 Å². The number of halogens is 1. The van der Waals surface area contributed by atoms with Crippen LogP contribution in [0, 0.1) is 6.92 Å². The van der Waals surface area contributed by atoms with Gasteiger partial charge in [0, 0.05) is 23.5 Å². The molecule has 1 aromatic carbocycles. The van der Waals surface area contributed by atoms with Crippen LogP contribution in [0.25, 0.3) is 0 Å². The van der Waals surface area contributed by atoms with Gasteiger partial charge in [-0.1, -0.05) is 17.7 Å². The molecule has 0 saturated heterocycles. The zero-order valence-corrected chi connectivity index (χ0v) is 15.2. The summed E-state index contributed by atoms with van der Waals surface area (Å²) in [5.41, 5.74) is 2.40. The summed E-state index contributed by atoms with van der Waals surface area (Å²) in [7, 11) is 3.41. The molecule has 0 unspecified atom stereocenters. The fourth-order valence-electron chi connectivity index (χ4n) is 2.14. The van der Waals surface area contributed by atoms with Crippen LogP contribution >= 0.6 is 22.9 Å². The van der Waals surface area contributed by atoms with Crippen molar-refractivity contribution in [3.63, 3.8) is 0 Å². The Bertz CT molecular complexity index is 670. The first-order valence-electron chi connectivity index (χ1n) is 7.44. The summed E-state index contributed by atoms with van der Waals surface area (Å²) < 4.78 is 5.16. The van der Waals surface area contributed by atoms with Crippen molar-refractivity contribution < 1.29 is 4.74 Å². The molecule has 0 radical (unpaired) electrons. The minimum Gasteiger partial charge on any atom is -0.497 e. The van der Waals surface area contributed by atoms with Gasteiger partial charge in [0.1, 0.15) is 5.75 Å². The van der Waals surface area contributed by atoms with Crippen molar-refractivity contribution in [3.8, 4) is 5.75 Å². The van der Waals surface area contributed by atoms with Crippen LogP contribution in [-0.2, 0) is 13.0 Å². The van der Waals surface area contributed by atoms with E-state index in [-0.39, 0.29) is 0 Å². The molecule has 0 aliphatic heterocycles. The monoisotopic (exact) mass is 351 g/mol. The van der Waals surface area contributed by atoms with E-state index in [2.05, 4.69) is 34.0 Å². The third-order valence-corrected chi connectivity index (χ3v) is 4.93. The van der Waals surface area contributed by atoms with E-state index in [0.717, 1.165) is 41.8 Å². The molecule has 23 heavy (non-hydrogen) atoms. The molecule has 1 aromatic heterocycles. The highest BCUT2D eigenvalue weighted by Crippen LogP contribution is 2.22. The molecule has 2 aromatic rings. The number of ether oxygens (including phenoxy) is 1. The number of nitrogens with one attached hydrogen (secondary N) is 2. The van der Waals surface area contributed by atoms with Gasteiger partial charge >= 0.3 is 0 Å². The lowest BCUT2D eigenvalue weighted by Crippen LogP contribution is -2.37. The average Bonchev–Trinajstić information content (AvgIpc) is 2.97. The number of rotatable bonds is 6. The topological polar surface area (TPSA) is 45.7 Å². The number of aryl methyl sites for hydroxylation is 1. The lowest BCUT2D eigenvalue weighted by atomic mass is 10.1. The lowest BCUT2D eigenvalue weighted by molar-refractivity contribution is 0.414. The van der Waals surface area contributed by atoms with Crippen molar-refractivity contribution in [2.24, 2.45) is 4.99 Å². The normalized spacial score (nSPS) is 11.4. The van der Waals surface area contributed by atoms with Gasteiger partial charge in [-0.2, -0.15) is 0 Å². The highest BCUT2D eigenvalue weighted by molar-refractivity contribution is 7.10. The van der Waals surface area contributed by atoms with E-state index in [0.29, 0.717) is 0 Å². The van der Waals surface area contributed by atoms with Crippen molar-refractivity contribution >= 4 is 28.9 Å². The standard InChI is InChI=1S/C17H22ClN3OS/c1-12-7-9-23-16(12)11-21-17(19-2)20-8-6-13-4-5-14(22-3)10-15(13)18/h4-5,7,9-10H,6,8,11H2,1-3H3,(H2,19,20,21). The molecule has 4 nitrogen and oxygen atoms in total. The fraction of sp³-hybridized carbons (Fsp3) is 0.353. The molecule has 2 N–H and O–H groups in total. The van der Waals surface area contributed by atoms with Gasteiger partial charge in [-0.05, 0) is 48.1 Å². The Morgan fingerprint density at radius 1 is 1.30 bits per heavy atom. The lowest BCUT2D eigenvalue weighted by Gasteiger charge is -2.12. The van der Waals surface area contributed by atoms with Gasteiger partial charge in [0.2, 0.25) is 0 Å². The van der Waals surface area contributed by atoms with Crippen LogP contribution in [0.5, 0.6) is 5.75 Å². The molecule has 0 spiro atoms. The second kappa shape index (κ2) is 8.79. The number of hydrogen-bond acceptors (Lipinski definition) is 3. The van der Waals surface area contributed by atoms with E-state index in [1.807, 2.05) is 18.2 Å². The molecule has 2 rings (SSSR count). The molecule has 0 aliphatic rings. The van der Waals surface area contributed by atoms with Gasteiger partial charge in [-0.25, -0.2) is 0 Å². The van der Waals surface area contributed by atoms with Gasteiger partial charge in [0.15, 0.2) is 5.96 Å². The van der Waals surface area contributed by atoms with Crippen molar-refractivity contribution in [3.05, 3.63) is 50.7 Å². The van der Waals surface area contributed by atoms with Gasteiger partial charge in [-0.3, -0.25) is 4.99 Å². The first-order chi connectivity index (χ1) is 11.1. The molecular formula is C17H22ClN3OS. The molecule has 0 bridgehead atoms. The summed E-state index contributed by atoms with van der Waals surface area (Å²) >= 11 is 8.00. The Hall–Kier alpha value is -1.72. The maximum absolute atomic E-state index is 6.25. The number of methoxy groups -OCH3 is 1. The van der Waals surface area contributed by atoms with Gasteiger partial charge < -0.3 is 15.4 Å². The van der Waals surface area contributed by atoms with Crippen molar-refractivity contribution in [2.75, 3.05) is 20.7 Å². The molecule has 0 atom stereocenters. The maximum Gasteiger partial charge on any atom is 0.191 e. The number of aliphatic imine (C=N–C) groups is 1. The number of thiophene rings is 1. The first kappa shape index (κ1) is 17.6. The van der Waals surface area contributed by atoms with Crippen molar-refractivity contribution in [1.29, 1.82) is 0 Å². The summed E-state index contributed by atoms with van der Waals surface area (Å²) in [6, 6.07) is 7.88. The van der Waals surface area contributed by atoms with Crippen molar-refractivity contribution in [2.45, 2.75) is 19.9 Å². The summed E-state index contributed by atoms with van der Waals surface area (Å²) in [5.74, 6) is 1.57. The second-order valence-electron chi connectivity index (χ2n) is 5.09. The largest absolute Gasteiger partial charge is 0.497 e. The number of guanidine groups is 1. The highest BCUT2D eigenvalue weighted by Gasteiger charge is 2.04. The summed E-state index contributed by atoms with van der Waals surface area (Å²) in [6.45, 7) is 3.66. The van der Waals surface area contributed by atoms with Crippen LogP contribution < -0.4 is 15.4 Å². The van der Waals surface area contributed by atoms with Crippen LogP contribution in [0.4, 0.5) is 0 Å². The Balaban J connectivity index is 1.81. The minimum absolute atomic E-state index is 0.725. The van der Waals surface area contributed by atoms with E-state index in [1.54, 1.807) is 25.5 Å². The molecule has 124 valence electrons. The van der Waals surface area contributed by atoms with Gasteiger partial charge in [0.05, 0.1) is 13.7 Å². The van der Waals surface area contributed by atoms with Crippen LogP contribution in [0.3, 0.4) is 0 Å². The van der Waals surface area contributed by atoms with E-state index in [1.165, 1.54) is 10.4 Å². The predicted molar refractivity (Wildman–Crippen MR) is 99.0 cm³/mol. The predicted octanol–water partition coefficient (Wildman–Crippen LogP) is 3.63. The molecule has 0 fully saturated rings. The zero-order valence-electron chi connectivity index (χ0n) is 13.6. The molecule has 0 saturated carbocycles. The van der Waals surface area contributed by atoms with E-state index < -0.39 is 0 Å². The summed E-state index contributed by atoms with van der Waals surface area (Å²) in [4.78, 5) is 5.57. The molecule has 0 aliphatic carbocycles. The van der Waals surface area contributed by atoms with E-state index in [4.69, 9.17) is 16.3 Å². The Morgan fingerprint density at radius 2 is 2.13 bits per heavy atom. The highest BCUT2D eigenvalue weighted by atomic mass is 35.5. The van der Waals surface area contributed by atoms with Gasteiger partial charge in [-0.15, -0.1) is 11.3 Å². The quantitative estimate of drug-likeness (QED) is 0.617. The van der Waals surface area contributed by atoms with Crippen LogP contribution in [0.1, 0.15) is 16.0 Å². The van der Waals surface area contributed by atoms with Crippen LogP contribution in [-0.4, -0.2) is 26.7 Å². The van der Waals surface area contributed by atoms with Crippen LogP contribution in [0.2, 0.25) is 5.02 Å². The minimum atomic E-state index is 0.725. The third-order valence-electron chi connectivity index (χ3n) is 3.56. The molecular weight excluding hydrogens is 330 g/mol. The fourth-order valence-corrected chi connectivity index (χ4v) is 3.25. The Morgan fingerprint density at radius 3 is 2.74 bits per heavy atom. The number of benzene rings is 1. The molecule has 6 heteroatoms. The Labute approximate surface area is 146 Å².